The van der Waals surface area contributed by atoms with Gasteiger partial charge in [-0.25, -0.2) is 4.98 Å². The molecule has 1 aromatic carbocycles. The number of thiazole rings is 1. The van der Waals surface area contributed by atoms with Crippen LogP contribution in [0.5, 0.6) is 0 Å². The van der Waals surface area contributed by atoms with E-state index in [2.05, 4.69) is 15.6 Å². The second kappa shape index (κ2) is 8.10. The summed E-state index contributed by atoms with van der Waals surface area (Å²) in [5, 5.41) is 6.71. The number of hydrogen-bond acceptors (Lipinski definition) is 4. The Kier molecular flexibility index (Phi) is 5.87. The predicted molar refractivity (Wildman–Crippen MR) is 99.2 cm³/mol. The van der Waals surface area contributed by atoms with E-state index in [4.69, 9.17) is 16.6 Å². The van der Waals surface area contributed by atoms with Gasteiger partial charge in [-0.3, -0.25) is 9.69 Å². The highest BCUT2D eigenvalue weighted by atomic mass is 35.5. The summed E-state index contributed by atoms with van der Waals surface area (Å²) in [7, 11) is 0. The van der Waals surface area contributed by atoms with Crippen molar-refractivity contribution in [2.45, 2.75) is 26.3 Å². The fourth-order valence-electron chi connectivity index (χ4n) is 3.10. The fraction of sp³-hybridized carbons (Fsp3) is 0.444. The first-order valence-electron chi connectivity index (χ1n) is 8.36. The first-order chi connectivity index (χ1) is 11.7. The largest absolute Gasteiger partial charge is 0.356 e. The van der Waals surface area contributed by atoms with Gasteiger partial charge >= 0.3 is 0 Å². The maximum absolute atomic E-state index is 12.1. The molecule has 1 saturated heterocycles. The number of rotatable bonds is 5. The number of aromatic nitrogens is 1. The lowest BCUT2D eigenvalue weighted by atomic mass is 9.97. The van der Waals surface area contributed by atoms with Crippen molar-refractivity contribution in [2.75, 3.05) is 19.6 Å². The van der Waals surface area contributed by atoms with Crippen molar-refractivity contribution in [1.82, 2.24) is 15.2 Å². The van der Waals surface area contributed by atoms with Crippen molar-refractivity contribution >= 4 is 28.8 Å². The Balaban J connectivity index is 1.64. The molecule has 0 spiro atoms. The molecule has 4 nitrogen and oxygen atoms in total. The topological polar surface area (TPSA) is 45.2 Å². The molecular weight excluding hydrogens is 342 g/mol. The van der Waals surface area contributed by atoms with Gasteiger partial charge in [0.2, 0.25) is 5.91 Å². The number of halogens is 1. The molecule has 1 aromatic heterocycles. The second-order valence-electron chi connectivity index (χ2n) is 6.09. The molecule has 1 unspecified atom stereocenters. The quantitative estimate of drug-likeness (QED) is 0.878. The average molecular weight is 364 g/mol. The smallest absolute Gasteiger partial charge is 0.224 e. The van der Waals surface area contributed by atoms with Crippen molar-refractivity contribution in [1.29, 1.82) is 0 Å². The zero-order chi connectivity index (χ0) is 16.9. The van der Waals surface area contributed by atoms with Gasteiger partial charge in [-0.1, -0.05) is 29.8 Å². The van der Waals surface area contributed by atoms with Crippen LogP contribution in [0.1, 0.15) is 25.5 Å². The Hall–Kier alpha value is -1.43. The zero-order valence-corrected chi connectivity index (χ0v) is 15.4. The molecular formula is C18H22ClN3OS. The number of piperidine rings is 1. The molecule has 0 bridgehead atoms. The molecule has 2 heterocycles. The minimum atomic E-state index is 0.0976. The molecule has 3 rings (SSSR count). The van der Waals surface area contributed by atoms with Gasteiger partial charge < -0.3 is 5.32 Å². The van der Waals surface area contributed by atoms with Crippen LogP contribution in [0.15, 0.2) is 29.6 Å². The maximum atomic E-state index is 12.1. The van der Waals surface area contributed by atoms with E-state index in [1.54, 1.807) is 11.3 Å². The Morgan fingerprint density at radius 2 is 2.29 bits per heavy atom. The second-order valence-corrected chi connectivity index (χ2v) is 7.36. The first-order valence-corrected chi connectivity index (χ1v) is 9.62. The van der Waals surface area contributed by atoms with Gasteiger partial charge in [0.05, 0.1) is 16.6 Å². The molecule has 0 radical (unpaired) electrons. The Bertz CT molecular complexity index is 703. The summed E-state index contributed by atoms with van der Waals surface area (Å²) in [6.07, 6.45) is 2.04. The van der Waals surface area contributed by atoms with E-state index in [9.17, 15) is 4.79 Å². The summed E-state index contributed by atoms with van der Waals surface area (Å²) < 4.78 is 0. The normalized spacial score (nSPS) is 18.5. The first kappa shape index (κ1) is 17.4. The Labute approximate surface area is 151 Å². The molecule has 128 valence electrons. The summed E-state index contributed by atoms with van der Waals surface area (Å²) in [5.74, 6) is 0.276. The van der Waals surface area contributed by atoms with Crippen LogP contribution >= 0.6 is 22.9 Å². The van der Waals surface area contributed by atoms with Crippen LogP contribution in [-0.4, -0.2) is 35.4 Å². The molecule has 2 aromatic rings. The van der Waals surface area contributed by atoms with Crippen LogP contribution in [0.2, 0.25) is 5.02 Å². The lowest BCUT2D eigenvalue weighted by Gasteiger charge is -2.31. The van der Waals surface area contributed by atoms with Gasteiger partial charge in [-0.15, -0.1) is 11.3 Å². The van der Waals surface area contributed by atoms with E-state index in [-0.39, 0.29) is 11.8 Å². The fourth-order valence-corrected chi connectivity index (χ4v) is 4.23. The standard InChI is InChI=1S/C18H22ClN3OS/c1-2-20-17(23)13-6-5-9-22(10-13)11-14-12-24-18(21-14)15-7-3-4-8-16(15)19/h3-4,7-8,12-13H,2,5-6,9-11H2,1H3,(H,20,23). The van der Waals surface area contributed by atoms with Crippen molar-refractivity contribution < 1.29 is 4.79 Å². The molecule has 1 amide bonds. The third-order valence-electron chi connectivity index (χ3n) is 4.27. The molecule has 0 saturated carbocycles. The van der Waals surface area contributed by atoms with Gasteiger partial charge in [0, 0.05) is 30.6 Å². The predicted octanol–water partition coefficient (Wildman–Crippen LogP) is 3.81. The van der Waals surface area contributed by atoms with Gasteiger partial charge in [-0.05, 0) is 32.4 Å². The number of nitrogens with zero attached hydrogens (tertiary/aromatic N) is 2. The van der Waals surface area contributed by atoms with Gasteiger partial charge in [-0.2, -0.15) is 0 Å². The number of likely N-dealkylation sites (tertiary alicyclic amines) is 1. The molecule has 1 fully saturated rings. The van der Waals surface area contributed by atoms with Crippen LogP contribution in [0, 0.1) is 5.92 Å². The third-order valence-corrected chi connectivity index (χ3v) is 5.52. The number of amides is 1. The Morgan fingerprint density at radius 1 is 1.46 bits per heavy atom. The molecule has 1 atom stereocenters. The van der Waals surface area contributed by atoms with E-state index in [0.29, 0.717) is 6.54 Å². The average Bonchev–Trinajstić information content (AvgIpc) is 3.04. The van der Waals surface area contributed by atoms with Crippen molar-refractivity contribution in [2.24, 2.45) is 5.92 Å². The molecule has 6 heteroatoms. The molecule has 24 heavy (non-hydrogen) atoms. The minimum absolute atomic E-state index is 0.0976. The van der Waals surface area contributed by atoms with Crippen molar-refractivity contribution in [3.63, 3.8) is 0 Å². The number of benzene rings is 1. The highest BCUT2D eigenvalue weighted by Crippen LogP contribution is 2.30. The molecule has 1 N–H and O–H groups in total. The van der Waals surface area contributed by atoms with Crippen molar-refractivity contribution in [3.8, 4) is 10.6 Å². The SMILES string of the molecule is CCNC(=O)C1CCCN(Cc2csc(-c3ccccc3Cl)n2)C1. The van der Waals surface area contributed by atoms with Gasteiger partial charge in [0.15, 0.2) is 0 Å². The summed E-state index contributed by atoms with van der Waals surface area (Å²) in [5.41, 5.74) is 2.03. The van der Waals surface area contributed by atoms with E-state index < -0.39 is 0 Å². The molecule has 1 aliphatic heterocycles. The van der Waals surface area contributed by atoms with Gasteiger partial charge in [0.1, 0.15) is 5.01 Å². The monoisotopic (exact) mass is 363 g/mol. The maximum Gasteiger partial charge on any atom is 0.224 e. The number of carbonyl (C=O) groups is 1. The van der Waals surface area contributed by atoms with Crippen LogP contribution < -0.4 is 5.32 Å². The van der Waals surface area contributed by atoms with Crippen LogP contribution in [0.4, 0.5) is 0 Å². The lowest BCUT2D eigenvalue weighted by molar-refractivity contribution is -0.126. The van der Waals surface area contributed by atoms with Crippen LogP contribution in [0.25, 0.3) is 10.6 Å². The minimum Gasteiger partial charge on any atom is -0.356 e. The number of nitrogens with one attached hydrogen (secondary N) is 1. The highest BCUT2D eigenvalue weighted by Gasteiger charge is 2.25. The van der Waals surface area contributed by atoms with Crippen molar-refractivity contribution in [3.05, 3.63) is 40.4 Å². The molecule has 0 aliphatic carbocycles. The van der Waals surface area contributed by atoms with Gasteiger partial charge in [0.25, 0.3) is 0 Å². The summed E-state index contributed by atoms with van der Waals surface area (Å²) in [6, 6.07) is 7.79. The van der Waals surface area contributed by atoms with E-state index in [1.165, 1.54) is 0 Å². The van der Waals surface area contributed by atoms with E-state index >= 15 is 0 Å². The van der Waals surface area contributed by atoms with Crippen LogP contribution in [-0.2, 0) is 11.3 Å². The lowest BCUT2D eigenvalue weighted by Crippen LogP contribution is -2.42. The Morgan fingerprint density at radius 3 is 3.08 bits per heavy atom. The number of hydrogen-bond donors (Lipinski definition) is 1. The summed E-state index contributed by atoms with van der Waals surface area (Å²) >= 11 is 7.87. The van der Waals surface area contributed by atoms with Crippen LogP contribution in [0.3, 0.4) is 0 Å². The molecule has 1 aliphatic rings. The summed E-state index contributed by atoms with van der Waals surface area (Å²) in [4.78, 5) is 19.1. The van der Waals surface area contributed by atoms with E-state index in [0.717, 1.165) is 53.8 Å². The third kappa shape index (κ3) is 4.15. The zero-order valence-electron chi connectivity index (χ0n) is 13.8. The van der Waals surface area contributed by atoms with E-state index in [1.807, 2.05) is 31.2 Å². The summed E-state index contributed by atoms with van der Waals surface area (Å²) in [6.45, 7) is 5.28. The number of carbonyl (C=O) groups excluding carboxylic acids is 1. The highest BCUT2D eigenvalue weighted by molar-refractivity contribution is 7.13.